The molecule has 0 saturated carbocycles. The topological polar surface area (TPSA) is 87.2 Å². The van der Waals surface area contributed by atoms with E-state index in [9.17, 15) is 14.4 Å². The highest BCUT2D eigenvalue weighted by Gasteiger charge is 2.21. The molecule has 24 heavy (non-hydrogen) atoms. The Morgan fingerprint density at radius 1 is 1.29 bits per heavy atom. The molecule has 1 aromatic heterocycles. The Hall–Kier alpha value is -2.57. The lowest BCUT2D eigenvalue weighted by molar-refractivity contribution is -0.129. The molecule has 1 unspecified atom stereocenters. The summed E-state index contributed by atoms with van der Waals surface area (Å²) in [6, 6.07) is 7.45. The number of hydrogen-bond donors (Lipinski definition) is 2. The van der Waals surface area contributed by atoms with Gasteiger partial charge in [0.15, 0.2) is 0 Å². The van der Waals surface area contributed by atoms with E-state index in [0.29, 0.717) is 25.9 Å². The van der Waals surface area contributed by atoms with Crippen molar-refractivity contribution in [3.8, 4) is 0 Å². The minimum Gasteiger partial charge on any atom is -0.353 e. The molecule has 0 bridgehead atoms. The molecule has 2 aromatic rings. The molecule has 0 aliphatic carbocycles. The van der Waals surface area contributed by atoms with Crippen LogP contribution in [0, 0.1) is 0 Å². The first-order chi connectivity index (χ1) is 11.5. The third kappa shape index (κ3) is 3.50. The summed E-state index contributed by atoms with van der Waals surface area (Å²) in [5.74, 6) is 0.0336. The number of nitrogens with zero attached hydrogens (tertiary/aromatic N) is 2. The molecule has 1 atom stereocenters. The summed E-state index contributed by atoms with van der Waals surface area (Å²) < 4.78 is 1.58. The first kappa shape index (κ1) is 16.3. The van der Waals surface area contributed by atoms with Gasteiger partial charge in [0.05, 0.1) is 11.0 Å². The van der Waals surface area contributed by atoms with Crippen LogP contribution in [0.5, 0.6) is 0 Å². The lowest BCUT2D eigenvalue weighted by Crippen LogP contribution is -2.36. The van der Waals surface area contributed by atoms with Gasteiger partial charge >= 0.3 is 5.69 Å². The van der Waals surface area contributed by atoms with Crippen molar-refractivity contribution >= 4 is 22.8 Å². The van der Waals surface area contributed by atoms with Crippen molar-refractivity contribution < 1.29 is 9.59 Å². The summed E-state index contributed by atoms with van der Waals surface area (Å²) in [4.78, 5) is 40.3. The Kier molecular flexibility index (Phi) is 4.69. The molecule has 1 fully saturated rings. The van der Waals surface area contributed by atoms with Crippen molar-refractivity contribution in [2.24, 2.45) is 0 Å². The average molecular weight is 330 g/mol. The number of hydrogen-bond acceptors (Lipinski definition) is 3. The second-order valence-corrected chi connectivity index (χ2v) is 6.26. The summed E-state index contributed by atoms with van der Waals surface area (Å²) in [5, 5.41) is 2.99. The van der Waals surface area contributed by atoms with Crippen molar-refractivity contribution in [2.75, 3.05) is 13.6 Å². The van der Waals surface area contributed by atoms with E-state index in [4.69, 9.17) is 0 Å². The normalized spacial score (nSPS) is 18.6. The van der Waals surface area contributed by atoms with Crippen LogP contribution in [0.25, 0.3) is 11.0 Å². The maximum Gasteiger partial charge on any atom is 0.326 e. The number of imidazole rings is 1. The van der Waals surface area contributed by atoms with Crippen LogP contribution in [0.3, 0.4) is 0 Å². The van der Waals surface area contributed by atoms with Crippen molar-refractivity contribution in [2.45, 2.75) is 38.3 Å². The third-order valence-electron chi connectivity index (χ3n) is 4.55. The molecule has 2 heterocycles. The van der Waals surface area contributed by atoms with Crippen molar-refractivity contribution in [1.29, 1.82) is 0 Å². The second kappa shape index (κ2) is 6.90. The van der Waals surface area contributed by atoms with Crippen LogP contribution in [-0.2, 0) is 16.1 Å². The number of H-pyrrole nitrogens is 1. The molecule has 0 spiro atoms. The smallest absolute Gasteiger partial charge is 0.326 e. The van der Waals surface area contributed by atoms with Gasteiger partial charge in [-0.05, 0) is 25.0 Å². The van der Waals surface area contributed by atoms with Crippen LogP contribution in [0.4, 0.5) is 0 Å². The number of amides is 2. The van der Waals surface area contributed by atoms with Crippen LogP contribution >= 0.6 is 0 Å². The van der Waals surface area contributed by atoms with E-state index in [-0.39, 0.29) is 30.0 Å². The van der Waals surface area contributed by atoms with Crippen LogP contribution in [0.15, 0.2) is 29.1 Å². The van der Waals surface area contributed by atoms with Gasteiger partial charge in [0.2, 0.25) is 11.8 Å². The number of nitrogens with one attached hydrogen (secondary N) is 2. The van der Waals surface area contributed by atoms with Gasteiger partial charge < -0.3 is 15.2 Å². The van der Waals surface area contributed by atoms with Crippen LogP contribution in [0.1, 0.15) is 25.7 Å². The number of rotatable bonds is 4. The summed E-state index contributed by atoms with van der Waals surface area (Å²) in [5.41, 5.74) is 1.37. The monoisotopic (exact) mass is 330 g/mol. The first-order valence-corrected chi connectivity index (χ1v) is 8.25. The number of likely N-dealkylation sites (tertiary alicyclic amines) is 1. The van der Waals surface area contributed by atoms with E-state index in [0.717, 1.165) is 17.5 Å². The molecule has 1 aliphatic rings. The number of carbonyl (C=O) groups is 2. The fraction of sp³-hybridized carbons (Fsp3) is 0.471. The Morgan fingerprint density at radius 3 is 2.92 bits per heavy atom. The highest BCUT2D eigenvalue weighted by Crippen LogP contribution is 2.12. The molecular formula is C17H22N4O3. The zero-order valence-electron chi connectivity index (χ0n) is 13.7. The molecular weight excluding hydrogens is 308 g/mol. The number of aromatic amines is 1. The maximum absolute atomic E-state index is 12.2. The van der Waals surface area contributed by atoms with Gasteiger partial charge in [-0.3, -0.25) is 14.2 Å². The van der Waals surface area contributed by atoms with E-state index in [1.807, 2.05) is 24.3 Å². The predicted molar refractivity (Wildman–Crippen MR) is 90.6 cm³/mol. The highest BCUT2D eigenvalue weighted by atomic mass is 16.2. The third-order valence-corrected chi connectivity index (χ3v) is 4.55. The van der Waals surface area contributed by atoms with E-state index in [1.54, 1.807) is 16.5 Å². The predicted octanol–water partition coefficient (Wildman–Crippen LogP) is 0.847. The molecule has 1 aliphatic heterocycles. The summed E-state index contributed by atoms with van der Waals surface area (Å²) in [6.45, 7) is 0.992. The van der Waals surface area contributed by atoms with Gasteiger partial charge in [-0.2, -0.15) is 0 Å². The Bertz CT molecular complexity index is 808. The largest absolute Gasteiger partial charge is 0.353 e. The molecule has 1 aromatic carbocycles. The summed E-state index contributed by atoms with van der Waals surface area (Å²) >= 11 is 0. The molecule has 3 rings (SSSR count). The maximum atomic E-state index is 12.2. The van der Waals surface area contributed by atoms with Gasteiger partial charge in [0.25, 0.3) is 0 Å². The van der Waals surface area contributed by atoms with Crippen molar-refractivity contribution in [1.82, 2.24) is 19.8 Å². The number of aromatic nitrogens is 2. The lowest BCUT2D eigenvalue weighted by atomic mass is 10.1. The quantitative estimate of drug-likeness (QED) is 0.871. The summed E-state index contributed by atoms with van der Waals surface area (Å²) in [7, 11) is 1.79. The zero-order chi connectivity index (χ0) is 17.1. The van der Waals surface area contributed by atoms with Gasteiger partial charge in [-0.15, -0.1) is 0 Å². The van der Waals surface area contributed by atoms with Crippen LogP contribution in [0.2, 0.25) is 0 Å². The number of benzene rings is 1. The lowest BCUT2D eigenvalue weighted by Gasteiger charge is -2.16. The molecule has 7 heteroatoms. The minimum absolute atomic E-state index is 0.0195. The highest BCUT2D eigenvalue weighted by molar-refractivity contribution is 5.78. The Balaban J connectivity index is 1.58. The Morgan fingerprint density at radius 2 is 2.08 bits per heavy atom. The number of fused-ring (bicyclic) bond motifs is 1. The molecule has 7 nitrogen and oxygen atoms in total. The zero-order valence-corrected chi connectivity index (χ0v) is 13.7. The number of carbonyl (C=O) groups excluding carboxylic acids is 2. The van der Waals surface area contributed by atoms with Crippen molar-refractivity contribution in [3.05, 3.63) is 34.7 Å². The van der Waals surface area contributed by atoms with Crippen molar-refractivity contribution in [3.63, 3.8) is 0 Å². The SMILES string of the molecule is CN1CCC(NC(=O)CCn2c(=O)[nH]c3ccccc32)CCC1=O. The van der Waals surface area contributed by atoms with E-state index < -0.39 is 0 Å². The molecule has 2 N–H and O–H groups in total. The van der Waals surface area contributed by atoms with Crippen LogP contribution < -0.4 is 11.0 Å². The molecule has 128 valence electrons. The molecule has 2 amide bonds. The summed E-state index contributed by atoms with van der Waals surface area (Å²) in [6.07, 6.45) is 2.13. The standard InChI is InChI=1S/C17H22N4O3/c1-20-10-8-12(6-7-16(20)23)18-15(22)9-11-21-14-5-3-2-4-13(14)19-17(21)24/h2-5,12H,6-11H2,1H3,(H,18,22)(H,19,24). The van der Waals surface area contributed by atoms with E-state index in [1.165, 1.54) is 0 Å². The van der Waals surface area contributed by atoms with E-state index in [2.05, 4.69) is 10.3 Å². The van der Waals surface area contributed by atoms with Crippen LogP contribution in [-0.4, -0.2) is 45.9 Å². The number of para-hydroxylation sites is 2. The second-order valence-electron chi connectivity index (χ2n) is 6.26. The average Bonchev–Trinajstić information content (AvgIpc) is 2.80. The van der Waals surface area contributed by atoms with Gasteiger partial charge in [-0.1, -0.05) is 12.1 Å². The fourth-order valence-corrected chi connectivity index (χ4v) is 3.09. The fourth-order valence-electron chi connectivity index (χ4n) is 3.09. The molecule has 0 radical (unpaired) electrons. The van der Waals surface area contributed by atoms with E-state index >= 15 is 0 Å². The minimum atomic E-state index is -0.203. The van der Waals surface area contributed by atoms with Gasteiger partial charge in [-0.25, -0.2) is 4.79 Å². The molecule has 1 saturated heterocycles. The first-order valence-electron chi connectivity index (χ1n) is 8.25. The van der Waals surface area contributed by atoms with Gasteiger partial charge in [0.1, 0.15) is 0 Å². The Labute approximate surface area is 139 Å². The van der Waals surface area contributed by atoms with Gasteiger partial charge in [0, 0.05) is 39.0 Å². The number of aryl methyl sites for hydroxylation is 1.